The van der Waals surface area contributed by atoms with Gasteiger partial charge in [0.25, 0.3) is 5.91 Å². The highest BCUT2D eigenvalue weighted by molar-refractivity contribution is 6.02. The molecule has 104 valence electrons. The average molecular weight is 274 g/mol. The van der Waals surface area contributed by atoms with Crippen molar-refractivity contribution < 1.29 is 19.5 Å². The number of benzene rings is 1. The first-order chi connectivity index (χ1) is 9.56. The largest absolute Gasteiger partial charge is 0.478 e. The maximum absolute atomic E-state index is 12.1. The van der Waals surface area contributed by atoms with Crippen LogP contribution in [0, 0.1) is 0 Å². The lowest BCUT2D eigenvalue weighted by Gasteiger charge is -2.16. The molecule has 0 atom stereocenters. The molecule has 1 aliphatic heterocycles. The summed E-state index contributed by atoms with van der Waals surface area (Å²) in [6, 6.07) is 6.20. The summed E-state index contributed by atoms with van der Waals surface area (Å²) in [5.74, 6) is -1.19. The van der Waals surface area contributed by atoms with Crippen LogP contribution in [0.1, 0.15) is 28.8 Å². The van der Waals surface area contributed by atoms with Crippen molar-refractivity contribution in [1.29, 1.82) is 0 Å². The Labute approximate surface area is 115 Å². The maximum atomic E-state index is 12.1. The number of hydrogen-bond donors (Lipinski definition) is 1. The van der Waals surface area contributed by atoms with E-state index in [1.807, 2.05) is 0 Å². The Hall–Kier alpha value is -2.37. The lowest BCUT2D eigenvalue weighted by molar-refractivity contribution is -0.125. The van der Waals surface area contributed by atoms with Crippen molar-refractivity contribution in [3.8, 4) is 0 Å². The molecule has 6 heteroatoms. The summed E-state index contributed by atoms with van der Waals surface area (Å²) in [7, 11) is 0. The highest BCUT2D eigenvalue weighted by Gasteiger charge is 2.43. The third-order valence-electron chi connectivity index (χ3n) is 3.61. The molecule has 0 aromatic heterocycles. The van der Waals surface area contributed by atoms with Gasteiger partial charge in [0.2, 0.25) is 0 Å². The van der Waals surface area contributed by atoms with E-state index in [1.165, 1.54) is 17.0 Å². The molecule has 1 aliphatic carbocycles. The highest BCUT2D eigenvalue weighted by atomic mass is 16.4. The second-order valence-electron chi connectivity index (χ2n) is 5.12. The van der Waals surface area contributed by atoms with E-state index in [4.69, 9.17) is 5.11 Å². The van der Waals surface area contributed by atoms with Crippen LogP contribution < -0.4 is 0 Å². The van der Waals surface area contributed by atoms with Crippen LogP contribution >= 0.6 is 0 Å². The molecule has 1 heterocycles. The number of imide groups is 1. The Balaban J connectivity index is 1.72. The number of carboxylic acids is 1. The molecule has 1 aromatic rings. The molecule has 0 unspecified atom stereocenters. The molecular formula is C14H14N2O4. The number of rotatable bonds is 4. The Morgan fingerprint density at radius 3 is 2.40 bits per heavy atom. The van der Waals surface area contributed by atoms with E-state index < -0.39 is 5.97 Å². The van der Waals surface area contributed by atoms with Gasteiger partial charge in [-0.15, -0.1) is 0 Å². The van der Waals surface area contributed by atoms with Gasteiger partial charge in [-0.3, -0.25) is 9.69 Å². The monoisotopic (exact) mass is 274 g/mol. The quantitative estimate of drug-likeness (QED) is 0.840. The zero-order valence-electron chi connectivity index (χ0n) is 10.8. The molecule has 1 N–H and O–H groups in total. The third kappa shape index (κ3) is 2.24. The first kappa shape index (κ1) is 12.7. The predicted molar refractivity (Wildman–Crippen MR) is 69.1 cm³/mol. The van der Waals surface area contributed by atoms with Gasteiger partial charge in [-0.25, -0.2) is 9.59 Å². The number of aromatic carboxylic acids is 1. The number of amides is 3. The van der Waals surface area contributed by atoms with Crippen LogP contribution in [0.2, 0.25) is 0 Å². The van der Waals surface area contributed by atoms with Crippen molar-refractivity contribution in [3.05, 3.63) is 35.4 Å². The smallest absolute Gasteiger partial charge is 0.335 e. The molecule has 3 amide bonds. The summed E-state index contributed by atoms with van der Waals surface area (Å²) < 4.78 is 0. The Morgan fingerprint density at radius 2 is 1.85 bits per heavy atom. The highest BCUT2D eigenvalue weighted by Crippen LogP contribution is 2.30. The molecule has 6 nitrogen and oxygen atoms in total. The van der Waals surface area contributed by atoms with E-state index in [9.17, 15) is 14.4 Å². The number of carbonyl (C=O) groups is 3. The molecule has 1 saturated heterocycles. The summed E-state index contributed by atoms with van der Waals surface area (Å²) in [5.41, 5.74) is 0.932. The van der Waals surface area contributed by atoms with Gasteiger partial charge in [0.15, 0.2) is 0 Å². The SMILES string of the molecule is O=C(O)c1ccc(CN2C(=O)CN(C3CC3)C2=O)cc1. The van der Waals surface area contributed by atoms with Crippen molar-refractivity contribution >= 4 is 17.9 Å². The minimum Gasteiger partial charge on any atom is -0.478 e. The van der Waals surface area contributed by atoms with Crippen LogP contribution in [-0.4, -0.2) is 45.4 Å². The fraction of sp³-hybridized carbons (Fsp3) is 0.357. The van der Waals surface area contributed by atoms with Crippen molar-refractivity contribution in [2.75, 3.05) is 6.54 Å². The number of urea groups is 1. The zero-order chi connectivity index (χ0) is 14.3. The topological polar surface area (TPSA) is 77.9 Å². The summed E-state index contributed by atoms with van der Waals surface area (Å²) >= 11 is 0. The number of nitrogens with zero attached hydrogens (tertiary/aromatic N) is 2. The second kappa shape index (κ2) is 4.63. The minimum absolute atomic E-state index is 0.163. The molecular weight excluding hydrogens is 260 g/mol. The third-order valence-corrected chi connectivity index (χ3v) is 3.61. The summed E-state index contributed by atoms with van der Waals surface area (Å²) in [6.45, 7) is 0.359. The molecule has 1 aromatic carbocycles. The van der Waals surface area contributed by atoms with E-state index in [1.54, 1.807) is 17.0 Å². The molecule has 1 saturated carbocycles. The first-order valence-corrected chi connectivity index (χ1v) is 6.49. The zero-order valence-corrected chi connectivity index (χ0v) is 10.8. The number of hydrogen-bond acceptors (Lipinski definition) is 3. The van der Waals surface area contributed by atoms with Gasteiger partial charge in [0.05, 0.1) is 12.1 Å². The van der Waals surface area contributed by atoms with Crippen LogP contribution in [0.5, 0.6) is 0 Å². The van der Waals surface area contributed by atoms with E-state index in [0.717, 1.165) is 18.4 Å². The summed E-state index contributed by atoms with van der Waals surface area (Å²) in [6.07, 6.45) is 1.94. The number of carbonyl (C=O) groups excluding carboxylic acids is 2. The lowest BCUT2D eigenvalue weighted by atomic mass is 10.1. The summed E-state index contributed by atoms with van der Waals surface area (Å²) in [4.78, 5) is 37.6. The van der Waals surface area contributed by atoms with Crippen LogP contribution in [0.3, 0.4) is 0 Å². The van der Waals surface area contributed by atoms with Crippen LogP contribution in [0.4, 0.5) is 4.79 Å². The van der Waals surface area contributed by atoms with Gasteiger partial charge in [-0.05, 0) is 30.5 Å². The first-order valence-electron chi connectivity index (χ1n) is 6.49. The molecule has 20 heavy (non-hydrogen) atoms. The molecule has 0 radical (unpaired) electrons. The maximum Gasteiger partial charge on any atom is 0.335 e. The van der Waals surface area contributed by atoms with Crippen LogP contribution in [0.15, 0.2) is 24.3 Å². The van der Waals surface area contributed by atoms with Gasteiger partial charge in [-0.1, -0.05) is 12.1 Å². The van der Waals surface area contributed by atoms with Gasteiger partial charge < -0.3 is 10.0 Å². The molecule has 3 rings (SSSR count). The molecule has 0 spiro atoms. The van der Waals surface area contributed by atoms with Gasteiger partial charge in [0, 0.05) is 6.04 Å². The van der Waals surface area contributed by atoms with Crippen molar-refractivity contribution in [2.45, 2.75) is 25.4 Å². The molecule has 2 fully saturated rings. The molecule has 0 bridgehead atoms. The van der Waals surface area contributed by atoms with Gasteiger partial charge >= 0.3 is 12.0 Å². The van der Waals surface area contributed by atoms with E-state index in [-0.39, 0.29) is 36.6 Å². The Bertz CT molecular complexity index is 577. The summed E-state index contributed by atoms with van der Waals surface area (Å²) in [5, 5.41) is 8.82. The van der Waals surface area contributed by atoms with Gasteiger partial charge in [-0.2, -0.15) is 0 Å². The van der Waals surface area contributed by atoms with E-state index in [0.29, 0.717) is 0 Å². The van der Waals surface area contributed by atoms with E-state index in [2.05, 4.69) is 0 Å². The Kier molecular flexibility index (Phi) is 2.93. The normalized spacial score (nSPS) is 18.8. The molecule has 2 aliphatic rings. The predicted octanol–water partition coefficient (Wildman–Crippen LogP) is 1.31. The van der Waals surface area contributed by atoms with Crippen molar-refractivity contribution in [2.24, 2.45) is 0 Å². The van der Waals surface area contributed by atoms with Crippen molar-refractivity contribution in [1.82, 2.24) is 9.80 Å². The van der Waals surface area contributed by atoms with E-state index >= 15 is 0 Å². The van der Waals surface area contributed by atoms with Gasteiger partial charge in [0.1, 0.15) is 6.54 Å². The van der Waals surface area contributed by atoms with Crippen LogP contribution in [0.25, 0.3) is 0 Å². The minimum atomic E-state index is -0.996. The standard InChI is InChI=1S/C14H14N2O4/c17-12-8-15(11-5-6-11)14(20)16(12)7-9-1-3-10(4-2-9)13(18)19/h1-4,11H,5-8H2,(H,18,19). The Morgan fingerprint density at radius 1 is 1.20 bits per heavy atom. The fourth-order valence-corrected chi connectivity index (χ4v) is 2.32. The average Bonchev–Trinajstić information content (AvgIpc) is 3.22. The lowest BCUT2D eigenvalue weighted by Crippen LogP contribution is -2.33. The van der Waals surface area contributed by atoms with Crippen LogP contribution in [-0.2, 0) is 11.3 Å². The fourth-order valence-electron chi connectivity index (χ4n) is 2.32. The number of carboxylic acid groups (broad SMARTS) is 1. The second-order valence-corrected chi connectivity index (χ2v) is 5.12. The van der Waals surface area contributed by atoms with Crippen molar-refractivity contribution in [3.63, 3.8) is 0 Å².